The fraction of sp³-hybridized carbons (Fsp3) is 0.385. The quantitative estimate of drug-likeness (QED) is 0.771. The Morgan fingerprint density at radius 3 is 2.72 bits per heavy atom. The Morgan fingerprint density at radius 2 is 2.17 bits per heavy atom. The van der Waals surface area contributed by atoms with Gasteiger partial charge in [0.25, 0.3) is 0 Å². The standard InChI is InChI=1S/C13H15NO4/c1-3-18-13(17)12(16)11(15)10-8(2)5-4-6-9(10)7-14/h4-6,11-12,15-16H,3H2,1-2H3. The van der Waals surface area contributed by atoms with Gasteiger partial charge in [0.2, 0.25) is 0 Å². The van der Waals surface area contributed by atoms with E-state index in [0.29, 0.717) is 5.56 Å². The molecule has 0 aliphatic heterocycles. The number of aryl methyl sites for hydroxylation is 1. The van der Waals surface area contributed by atoms with Gasteiger partial charge < -0.3 is 14.9 Å². The number of carbonyl (C=O) groups is 1. The summed E-state index contributed by atoms with van der Waals surface area (Å²) >= 11 is 0. The van der Waals surface area contributed by atoms with Gasteiger partial charge in [0.05, 0.1) is 18.2 Å². The highest BCUT2D eigenvalue weighted by Gasteiger charge is 2.29. The Kier molecular flexibility index (Phi) is 4.84. The summed E-state index contributed by atoms with van der Waals surface area (Å²) in [5.41, 5.74) is 1.11. The average molecular weight is 249 g/mol. The second kappa shape index (κ2) is 6.15. The Balaban J connectivity index is 3.07. The Bertz CT molecular complexity index is 478. The van der Waals surface area contributed by atoms with Crippen LogP contribution in [0.3, 0.4) is 0 Å². The molecule has 0 bridgehead atoms. The first kappa shape index (κ1) is 14.2. The predicted octanol–water partition coefficient (Wildman–Crippen LogP) is 0.824. The zero-order valence-electron chi connectivity index (χ0n) is 10.3. The summed E-state index contributed by atoms with van der Waals surface area (Å²) in [5.74, 6) is -0.905. The first-order valence-corrected chi connectivity index (χ1v) is 5.55. The van der Waals surface area contributed by atoms with E-state index in [-0.39, 0.29) is 17.7 Å². The van der Waals surface area contributed by atoms with E-state index in [4.69, 9.17) is 5.26 Å². The van der Waals surface area contributed by atoms with Crippen molar-refractivity contribution in [3.8, 4) is 6.07 Å². The third kappa shape index (κ3) is 2.86. The summed E-state index contributed by atoms with van der Waals surface area (Å²) in [6, 6.07) is 6.80. The van der Waals surface area contributed by atoms with Crippen LogP contribution in [0.4, 0.5) is 0 Å². The maximum absolute atomic E-state index is 11.4. The molecule has 18 heavy (non-hydrogen) atoms. The van der Waals surface area contributed by atoms with Gasteiger partial charge in [-0.25, -0.2) is 4.79 Å². The molecule has 5 nitrogen and oxygen atoms in total. The Morgan fingerprint density at radius 1 is 1.50 bits per heavy atom. The topological polar surface area (TPSA) is 90.6 Å². The summed E-state index contributed by atoms with van der Waals surface area (Å²) in [4.78, 5) is 11.4. The monoisotopic (exact) mass is 249 g/mol. The van der Waals surface area contributed by atoms with Crippen LogP contribution in [-0.2, 0) is 9.53 Å². The lowest BCUT2D eigenvalue weighted by Crippen LogP contribution is -2.30. The van der Waals surface area contributed by atoms with Crippen LogP contribution >= 0.6 is 0 Å². The largest absolute Gasteiger partial charge is 0.464 e. The molecule has 1 rings (SSSR count). The number of hydrogen-bond donors (Lipinski definition) is 2. The molecule has 0 fully saturated rings. The second-order valence-electron chi connectivity index (χ2n) is 3.79. The van der Waals surface area contributed by atoms with E-state index in [9.17, 15) is 15.0 Å². The van der Waals surface area contributed by atoms with Crippen molar-refractivity contribution >= 4 is 5.97 Å². The minimum atomic E-state index is -1.70. The fourth-order valence-corrected chi connectivity index (χ4v) is 1.69. The molecule has 0 aliphatic carbocycles. The number of nitriles is 1. The van der Waals surface area contributed by atoms with Gasteiger partial charge in [0.1, 0.15) is 6.10 Å². The summed E-state index contributed by atoms with van der Waals surface area (Å²) in [6.45, 7) is 3.41. The second-order valence-corrected chi connectivity index (χ2v) is 3.79. The molecular weight excluding hydrogens is 234 g/mol. The van der Waals surface area contributed by atoms with Gasteiger partial charge in [-0.1, -0.05) is 12.1 Å². The number of rotatable bonds is 4. The van der Waals surface area contributed by atoms with Crippen molar-refractivity contribution in [3.63, 3.8) is 0 Å². The lowest BCUT2D eigenvalue weighted by molar-refractivity contribution is -0.159. The predicted molar refractivity (Wildman–Crippen MR) is 63.5 cm³/mol. The van der Waals surface area contributed by atoms with E-state index >= 15 is 0 Å². The minimum absolute atomic E-state index is 0.113. The number of aliphatic hydroxyl groups is 2. The van der Waals surface area contributed by atoms with E-state index < -0.39 is 18.2 Å². The first-order chi connectivity index (χ1) is 8.52. The summed E-state index contributed by atoms with van der Waals surface area (Å²) in [5, 5.41) is 28.6. The molecule has 0 aromatic heterocycles. The molecule has 5 heteroatoms. The molecular formula is C13H15NO4. The maximum Gasteiger partial charge on any atom is 0.338 e. The smallest absolute Gasteiger partial charge is 0.338 e. The zero-order valence-corrected chi connectivity index (χ0v) is 10.3. The first-order valence-electron chi connectivity index (χ1n) is 5.55. The molecule has 2 atom stereocenters. The van der Waals surface area contributed by atoms with Crippen molar-refractivity contribution in [1.82, 2.24) is 0 Å². The van der Waals surface area contributed by atoms with E-state index in [2.05, 4.69) is 4.74 Å². The highest BCUT2D eigenvalue weighted by atomic mass is 16.5. The van der Waals surface area contributed by atoms with E-state index in [1.807, 2.05) is 6.07 Å². The van der Waals surface area contributed by atoms with Crippen molar-refractivity contribution in [2.45, 2.75) is 26.1 Å². The van der Waals surface area contributed by atoms with Gasteiger partial charge in [-0.15, -0.1) is 0 Å². The maximum atomic E-state index is 11.4. The number of ether oxygens (including phenoxy) is 1. The number of hydrogen-bond acceptors (Lipinski definition) is 5. The van der Waals surface area contributed by atoms with Crippen molar-refractivity contribution in [1.29, 1.82) is 5.26 Å². The van der Waals surface area contributed by atoms with Crippen LogP contribution in [0.5, 0.6) is 0 Å². The fourth-order valence-electron chi connectivity index (χ4n) is 1.69. The molecule has 0 heterocycles. The van der Waals surface area contributed by atoms with Crippen LogP contribution in [0.25, 0.3) is 0 Å². The number of benzene rings is 1. The van der Waals surface area contributed by atoms with Crippen molar-refractivity contribution in [2.24, 2.45) is 0 Å². The number of carbonyl (C=O) groups excluding carboxylic acids is 1. The lowest BCUT2D eigenvalue weighted by atomic mass is 9.94. The molecule has 96 valence electrons. The summed E-state index contributed by atoms with van der Waals surface area (Å²) in [7, 11) is 0. The van der Waals surface area contributed by atoms with Gasteiger partial charge in [0, 0.05) is 5.56 Å². The molecule has 2 unspecified atom stereocenters. The molecule has 0 spiro atoms. The van der Waals surface area contributed by atoms with Gasteiger partial charge in [-0.3, -0.25) is 0 Å². The Hall–Kier alpha value is -1.90. The number of aliphatic hydroxyl groups excluding tert-OH is 2. The molecule has 0 radical (unpaired) electrons. The van der Waals surface area contributed by atoms with Crippen LogP contribution in [0.1, 0.15) is 29.7 Å². The number of esters is 1. The third-order valence-electron chi connectivity index (χ3n) is 2.57. The average Bonchev–Trinajstić information content (AvgIpc) is 2.36. The van der Waals surface area contributed by atoms with E-state index in [1.54, 1.807) is 26.0 Å². The minimum Gasteiger partial charge on any atom is -0.464 e. The van der Waals surface area contributed by atoms with Crippen LogP contribution < -0.4 is 0 Å². The summed E-state index contributed by atoms with van der Waals surface area (Å²) < 4.78 is 4.63. The highest BCUT2D eigenvalue weighted by molar-refractivity contribution is 5.75. The highest BCUT2D eigenvalue weighted by Crippen LogP contribution is 2.25. The Labute approximate surface area is 105 Å². The lowest BCUT2D eigenvalue weighted by Gasteiger charge is -2.19. The van der Waals surface area contributed by atoms with Crippen molar-refractivity contribution in [3.05, 3.63) is 34.9 Å². The van der Waals surface area contributed by atoms with Crippen LogP contribution in [0.2, 0.25) is 0 Å². The van der Waals surface area contributed by atoms with Crippen LogP contribution in [0.15, 0.2) is 18.2 Å². The molecule has 0 saturated carbocycles. The molecule has 1 aromatic carbocycles. The molecule has 0 amide bonds. The van der Waals surface area contributed by atoms with Gasteiger partial charge in [0.15, 0.2) is 6.10 Å². The third-order valence-corrected chi connectivity index (χ3v) is 2.57. The normalized spacial score (nSPS) is 13.5. The molecule has 0 saturated heterocycles. The van der Waals surface area contributed by atoms with Crippen molar-refractivity contribution in [2.75, 3.05) is 6.61 Å². The van der Waals surface area contributed by atoms with Crippen LogP contribution in [0, 0.1) is 18.3 Å². The van der Waals surface area contributed by atoms with Crippen LogP contribution in [-0.4, -0.2) is 28.9 Å². The van der Waals surface area contributed by atoms with E-state index in [0.717, 1.165) is 0 Å². The molecule has 2 N–H and O–H groups in total. The zero-order chi connectivity index (χ0) is 13.7. The summed E-state index contributed by atoms with van der Waals surface area (Å²) in [6.07, 6.45) is -3.17. The SMILES string of the molecule is CCOC(=O)C(O)C(O)c1c(C)cccc1C#N. The number of nitrogens with zero attached hydrogens (tertiary/aromatic N) is 1. The van der Waals surface area contributed by atoms with Gasteiger partial charge in [-0.05, 0) is 25.5 Å². The van der Waals surface area contributed by atoms with Gasteiger partial charge in [-0.2, -0.15) is 5.26 Å². The molecule has 0 aliphatic rings. The van der Waals surface area contributed by atoms with Gasteiger partial charge >= 0.3 is 5.97 Å². The molecule has 1 aromatic rings. The van der Waals surface area contributed by atoms with Crippen molar-refractivity contribution < 1.29 is 19.7 Å². The van der Waals surface area contributed by atoms with E-state index in [1.165, 1.54) is 6.07 Å².